The number of benzene rings is 1. The monoisotopic (exact) mass is 351 g/mol. The summed E-state index contributed by atoms with van der Waals surface area (Å²) in [6.07, 6.45) is 1.36. The third-order valence-electron chi connectivity index (χ3n) is 4.54. The van der Waals surface area contributed by atoms with E-state index < -0.39 is 30.1 Å². The Morgan fingerprint density at radius 2 is 2.00 bits per heavy atom. The average molecular weight is 351 g/mol. The molecule has 24 heavy (non-hydrogen) atoms. The lowest BCUT2D eigenvalue weighted by molar-refractivity contribution is -0.134. The number of nitrogens with zero attached hydrogens (tertiary/aromatic N) is 2. The highest BCUT2D eigenvalue weighted by atomic mass is 32.2. The van der Waals surface area contributed by atoms with E-state index in [1.54, 1.807) is 4.31 Å². The van der Waals surface area contributed by atoms with Crippen molar-refractivity contribution in [3.8, 4) is 0 Å². The van der Waals surface area contributed by atoms with Gasteiger partial charge in [0.05, 0.1) is 10.8 Å². The normalized spacial score (nSPS) is 26.3. The van der Waals surface area contributed by atoms with Crippen molar-refractivity contribution in [1.82, 2.24) is 14.5 Å². The molecule has 3 rings (SSSR count). The smallest absolute Gasteiger partial charge is 0.426 e. The number of hydrogen-bond acceptors (Lipinski definition) is 5. The molecule has 3 atom stereocenters. The van der Waals surface area contributed by atoms with Gasteiger partial charge in [0, 0.05) is 26.2 Å². The molecule has 0 aliphatic carbocycles. The molecular formula is C15H22BN3O4S. The number of likely N-dealkylation sites (tertiary alicyclic amines) is 1. The lowest BCUT2D eigenvalue weighted by Crippen LogP contribution is -2.60. The van der Waals surface area contributed by atoms with Crippen LogP contribution in [0.5, 0.6) is 0 Å². The highest BCUT2D eigenvalue weighted by molar-refractivity contribution is 7.82. The van der Waals surface area contributed by atoms with E-state index in [-0.39, 0.29) is 5.91 Å². The second-order valence-electron chi connectivity index (χ2n) is 6.11. The Balaban J connectivity index is 1.67. The van der Waals surface area contributed by atoms with Gasteiger partial charge in [-0.15, -0.1) is 0 Å². The van der Waals surface area contributed by atoms with Crippen molar-refractivity contribution >= 4 is 24.0 Å². The van der Waals surface area contributed by atoms with Crippen molar-refractivity contribution in [2.75, 3.05) is 26.2 Å². The van der Waals surface area contributed by atoms with Gasteiger partial charge in [-0.05, 0) is 25.0 Å². The molecule has 0 bridgehead atoms. The lowest BCUT2D eigenvalue weighted by Gasteiger charge is -2.35. The molecule has 1 amide bonds. The molecule has 2 saturated heterocycles. The summed E-state index contributed by atoms with van der Waals surface area (Å²) in [4.78, 5) is 15.0. The van der Waals surface area contributed by atoms with Gasteiger partial charge in [-0.1, -0.05) is 18.2 Å². The van der Waals surface area contributed by atoms with Crippen molar-refractivity contribution in [2.24, 2.45) is 0 Å². The maximum Gasteiger partial charge on any atom is 0.475 e. The van der Waals surface area contributed by atoms with Crippen molar-refractivity contribution < 1.29 is 19.1 Å². The molecule has 2 heterocycles. The topological polar surface area (TPSA) is 93.1 Å². The molecule has 0 spiro atoms. The fourth-order valence-corrected chi connectivity index (χ4v) is 4.53. The maximum absolute atomic E-state index is 12.7. The van der Waals surface area contributed by atoms with Crippen LogP contribution in [0.4, 0.5) is 0 Å². The Hall–Kier alpha value is -1.26. The third kappa shape index (κ3) is 3.70. The standard InChI is InChI=1S/C15H22BN3O4S/c20-15(19-9-4-7-14(19)16(21)22)13-11-18(10-8-17-13)24(23)12-5-2-1-3-6-12/h1-3,5-6,13-14,17,21-22H,4,7-11H2. The number of piperazine rings is 1. The molecule has 9 heteroatoms. The Morgan fingerprint density at radius 3 is 2.71 bits per heavy atom. The van der Waals surface area contributed by atoms with E-state index in [2.05, 4.69) is 5.32 Å². The zero-order valence-corrected chi connectivity index (χ0v) is 14.2. The summed E-state index contributed by atoms with van der Waals surface area (Å²) in [5.74, 6) is -0.699. The van der Waals surface area contributed by atoms with Crippen LogP contribution in [0.25, 0.3) is 0 Å². The van der Waals surface area contributed by atoms with E-state index in [4.69, 9.17) is 0 Å². The molecule has 2 fully saturated rings. The number of carbonyl (C=O) groups excluding carboxylic acids is 1. The highest BCUT2D eigenvalue weighted by Gasteiger charge is 2.40. The number of nitrogens with one attached hydrogen (secondary N) is 1. The molecule has 0 saturated carbocycles. The van der Waals surface area contributed by atoms with Crippen LogP contribution in [0.15, 0.2) is 35.2 Å². The van der Waals surface area contributed by atoms with Crippen LogP contribution in [-0.4, -0.2) is 74.6 Å². The minimum Gasteiger partial charge on any atom is -0.426 e. The molecule has 7 nitrogen and oxygen atoms in total. The largest absolute Gasteiger partial charge is 0.475 e. The average Bonchev–Trinajstić information content (AvgIpc) is 3.11. The lowest BCUT2D eigenvalue weighted by atomic mass is 9.77. The van der Waals surface area contributed by atoms with E-state index in [0.29, 0.717) is 32.6 Å². The number of amides is 1. The van der Waals surface area contributed by atoms with E-state index in [1.165, 1.54) is 4.90 Å². The Morgan fingerprint density at radius 1 is 1.25 bits per heavy atom. The second kappa shape index (κ2) is 7.75. The molecule has 1 aromatic carbocycles. The minimum atomic E-state index is -1.52. The van der Waals surface area contributed by atoms with Crippen LogP contribution in [-0.2, 0) is 15.8 Å². The first-order chi connectivity index (χ1) is 11.6. The quantitative estimate of drug-likeness (QED) is 0.605. The second-order valence-corrected chi connectivity index (χ2v) is 7.60. The summed E-state index contributed by atoms with van der Waals surface area (Å²) >= 11 is 0. The predicted octanol–water partition coefficient (Wildman–Crippen LogP) is -1.01. The van der Waals surface area contributed by atoms with Crippen LogP contribution in [0.2, 0.25) is 0 Å². The molecule has 0 radical (unpaired) electrons. The fourth-order valence-electron chi connectivity index (χ4n) is 3.30. The Bertz CT molecular complexity index is 604. The van der Waals surface area contributed by atoms with Gasteiger partial charge in [0.1, 0.15) is 17.0 Å². The first-order valence-electron chi connectivity index (χ1n) is 8.20. The number of hydrogen-bond donors (Lipinski definition) is 3. The highest BCUT2D eigenvalue weighted by Crippen LogP contribution is 2.20. The van der Waals surface area contributed by atoms with Crippen LogP contribution in [0.3, 0.4) is 0 Å². The van der Waals surface area contributed by atoms with Gasteiger partial charge in [0.25, 0.3) is 0 Å². The summed E-state index contributed by atoms with van der Waals surface area (Å²) in [5.41, 5.74) is 0. The zero-order valence-electron chi connectivity index (χ0n) is 13.4. The summed E-state index contributed by atoms with van der Waals surface area (Å²) < 4.78 is 14.5. The first-order valence-corrected chi connectivity index (χ1v) is 9.30. The summed E-state index contributed by atoms with van der Waals surface area (Å²) in [6, 6.07) is 8.70. The van der Waals surface area contributed by atoms with E-state index in [0.717, 1.165) is 11.3 Å². The Kier molecular flexibility index (Phi) is 5.67. The summed E-state index contributed by atoms with van der Waals surface area (Å²) in [7, 11) is -2.82. The summed E-state index contributed by atoms with van der Waals surface area (Å²) in [5, 5.41) is 22.0. The van der Waals surface area contributed by atoms with Crippen molar-refractivity contribution in [2.45, 2.75) is 29.7 Å². The molecule has 2 aliphatic heterocycles. The number of carbonyl (C=O) groups is 1. The van der Waals surface area contributed by atoms with Crippen LogP contribution in [0.1, 0.15) is 12.8 Å². The number of rotatable bonds is 4. The van der Waals surface area contributed by atoms with Gasteiger partial charge in [-0.3, -0.25) is 4.79 Å². The van der Waals surface area contributed by atoms with Crippen molar-refractivity contribution in [3.63, 3.8) is 0 Å². The molecule has 3 unspecified atom stereocenters. The van der Waals surface area contributed by atoms with Crippen LogP contribution >= 0.6 is 0 Å². The molecular weight excluding hydrogens is 329 g/mol. The fraction of sp³-hybridized carbons (Fsp3) is 0.533. The molecule has 130 valence electrons. The first kappa shape index (κ1) is 17.6. The van der Waals surface area contributed by atoms with Crippen molar-refractivity contribution in [1.29, 1.82) is 0 Å². The van der Waals surface area contributed by atoms with E-state index >= 15 is 0 Å². The molecule has 0 aromatic heterocycles. The van der Waals surface area contributed by atoms with Crippen LogP contribution in [0, 0.1) is 0 Å². The van der Waals surface area contributed by atoms with Gasteiger partial charge >= 0.3 is 7.12 Å². The molecule has 3 N–H and O–H groups in total. The zero-order chi connectivity index (χ0) is 17.1. The van der Waals surface area contributed by atoms with Gasteiger partial charge < -0.3 is 20.3 Å². The van der Waals surface area contributed by atoms with Crippen molar-refractivity contribution in [3.05, 3.63) is 30.3 Å². The van der Waals surface area contributed by atoms with E-state index in [1.807, 2.05) is 30.3 Å². The van der Waals surface area contributed by atoms with Gasteiger partial charge in [-0.2, -0.15) is 0 Å². The predicted molar refractivity (Wildman–Crippen MR) is 91.1 cm³/mol. The SMILES string of the molecule is O=C(C1CN(S(=O)c2ccccc2)CCN1)N1CCCC1B(O)O. The maximum atomic E-state index is 12.7. The van der Waals surface area contributed by atoms with Gasteiger partial charge in [-0.25, -0.2) is 8.51 Å². The van der Waals surface area contributed by atoms with Gasteiger partial charge in [0.2, 0.25) is 5.91 Å². The van der Waals surface area contributed by atoms with E-state index in [9.17, 15) is 19.1 Å². The Labute approximate surface area is 144 Å². The summed E-state index contributed by atoms with van der Waals surface area (Å²) in [6.45, 7) is 2.03. The molecule has 2 aliphatic rings. The molecule has 1 aromatic rings. The minimum absolute atomic E-state index is 0.152. The third-order valence-corrected chi connectivity index (χ3v) is 6.02. The van der Waals surface area contributed by atoms with Crippen LogP contribution < -0.4 is 5.32 Å². The van der Waals surface area contributed by atoms with Gasteiger partial charge in [0.15, 0.2) is 0 Å².